The van der Waals surface area contributed by atoms with Crippen LogP contribution in [0, 0.1) is 5.41 Å². The summed E-state index contributed by atoms with van der Waals surface area (Å²) in [6.45, 7) is 6.38. The van der Waals surface area contributed by atoms with Gasteiger partial charge >= 0.3 is 0 Å². The van der Waals surface area contributed by atoms with Crippen molar-refractivity contribution in [1.82, 2.24) is 15.5 Å². The van der Waals surface area contributed by atoms with Crippen LogP contribution < -0.4 is 11.1 Å². The first-order valence-electron chi connectivity index (χ1n) is 7.28. The van der Waals surface area contributed by atoms with Gasteiger partial charge < -0.3 is 11.1 Å². The predicted octanol–water partition coefficient (Wildman–Crippen LogP) is 3.15. The molecule has 3 N–H and O–H groups in total. The van der Waals surface area contributed by atoms with E-state index in [1.165, 1.54) is 11.3 Å². The molecule has 0 saturated carbocycles. The van der Waals surface area contributed by atoms with Crippen molar-refractivity contribution < 1.29 is 4.79 Å². The highest BCUT2D eigenvalue weighted by Gasteiger charge is 2.21. The summed E-state index contributed by atoms with van der Waals surface area (Å²) in [4.78, 5) is 12.3. The van der Waals surface area contributed by atoms with Gasteiger partial charge in [-0.25, -0.2) is 0 Å². The van der Waals surface area contributed by atoms with Gasteiger partial charge in [0.1, 0.15) is 11.0 Å². The van der Waals surface area contributed by atoms with Crippen LogP contribution in [-0.2, 0) is 4.79 Å². The van der Waals surface area contributed by atoms with Gasteiger partial charge in [-0.15, -0.1) is 10.2 Å². The maximum atomic E-state index is 12.3. The van der Waals surface area contributed by atoms with Gasteiger partial charge in [0.2, 0.25) is 11.0 Å². The maximum absolute atomic E-state index is 12.3. The normalized spacial score (nSPS) is 12.9. The molecule has 2 aromatic rings. The summed E-state index contributed by atoms with van der Waals surface area (Å²) < 4.78 is 0. The summed E-state index contributed by atoms with van der Waals surface area (Å²) in [5.74, 6) is 0.0116. The van der Waals surface area contributed by atoms with Gasteiger partial charge in [-0.2, -0.15) is 0 Å². The fourth-order valence-corrected chi connectivity index (χ4v) is 2.71. The van der Waals surface area contributed by atoms with Gasteiger partial charge in [-0.05, 0) is 17.4 Å². The van der Waals surface area contributed by atoms with E-state index in [0.717, 1.165) is 12.0 Å². The molecule has 1 aromatic carbocycles. The molecule has 0 fully saturated rings. The zero-order valence-electron chi connectivity index (χ0n) is 13.2. The molecule has 0 aliphatic carbocycles. The molecule has 0 aliphatic rings. The van der Waals surface area contributed by atoms with E-state index in [0.29, 0.717) is 16.6 Å². The van der Waals surface area contributed by atoms with Crippen LogP contribution in [0.15, 0.2) is 30.3 Å². The van der Waals surface area contributed by atoms with E-state index in [9.17, 15) is 4.79 Å². The zero-order valence-corrected chi connectivity index (χ0v) is 14.0. The Kier molecular flexibility index (Phi) is 5.13. The zero-order chi connectivity index (χ0) is 16.2. The fourth-order valence-electron chi connectivity index (χ4n) is 2.02. The number of hydrogen-bond acceptors (Lipinski definition) is 5. The SMILES string of the molecule is CC(C)(C)CCC(=O)N[C@@H](c1ccccc1)c1nnc(N)s1. The summed E-state index contributed by atoms with van der Waals surface area (Å²) in [5, 5.41) is 12.1. The van der Waals surface area contributed by atoms with E-state index in [-0.39, 0.29) is 17.4 Å². The van der Waals surface area contributed by atoms with Crippen LogP contribution in [-0.4, -0.2) is 16.1 Å². The summed E-state index contributed by atoms with van der Waals surface area (Å²) in [6, 6.07) is 9.44. The molecular weight excluding hydrogens is 296 g/mol. The van der Waals surface area contributed by atoms with Gasteiger partial charge in [0, 0.05) is 6.42 Å². The van der Waals surface area contributed by atoms with Gasteiger partial charge in [0.05, 0.1) is 0 Å². The van der Waals surface area contributed by atoms with Crippen LogP contribution in [0.2, 0.25) is 0 Å². The Morgan fingerprint density at radius 1 is 1.27 bits per heavy atom. The number of carbonyl (C=O) groups excluding carboxylic acids is 1. The predicted molar refractivity (Wildman–Crippen MR) is 89.4 cm³/mol. The van der Waals surface area contributed by atoms with Crippen molar-refractivity contribution in [2.75, 3.05) is 5.73 Å². The molecule has 1 aromatic heterocycles. The number of anilines is 1. The number of rotatable bonds is 5. The average molecular weight is 318 g/mol. The van der Waals surface area contributed by atoms with Crippen molar-refractivity contribution in [2.45, 2.75) is 39.7 Å². The van der Waals surface area contributed by atoms with Gasteiger partial charge in [-0.3, -0.25) is 4.79 Å². The molecule has 0 saturated heterocycles. The van der Waals surface area contributed by atoms with E-state index in [1.807, 2.05) is 30.3 Å². The fraction of sp³-hybridized carbons (Fsp3) is 0.438. The number of amides is 1. The Bertz CT molecular complexity index is 619. The van der Waals surface area contributed by atoms with Crippen molar-refractivity contribution in [3.63, 3.8) is 0 Å². The lowest BCUT2D eigenvalue weighted by Gasteiger charge is -2.20. The number of benzene rings is 1. The van der Waals surface area contributed by atoms with Gasteiger partial charge in [0.15, 0.2) is 0 Å². The molecule has 5 nitrogen and oxygen atoms in total. The van der Waals surface area contributed by atoms with Crippen LogP contribution in [0.3, 0.4) is 0 Å². The second-order valence-corrected chi connectivity index (χ2v) is 7.49. The van der Waals surface area contributed by atoms with Crippen LogP contribution in [0.5, 0.6) is 0 Å². The Morgan fingerprint density at radius 3 is 2.50 bits per heavy atom. The Labute approximate surface area is 135 Å². The van der Waals surface area contributed by atoms with Crippen LogP contribution in [0.25, 0.3) is 0 Å². The molecule has 118 valence electrons. The lowest BCUT2D eigenvalue weighted by Crippen LogP contribution is -2.30. The van der Waals surface area contributed by atoms with Crippen molar-refractivity contribution >= 4 is 22.4 Å². The Balaban J connectivity index is 2.14. The van der Waals surface area contributed by atoms with E-state index in [1.54, 1.807) is 0 Å². The highest BCUT2D eigenvalue weighted by Crippen LogP contribution is 2.26. The van der Waals surface area contributed by atoms with E-state index in [2.05, 4.69) is 36.3 Å². The first-order chi connectivity index (χ1) is 10.3. The van der Waals surface area contributed by atoms with Gasteiger partial charge in [0.25, 0.3) is 0 Å². The summed E-state index contributed by atoms with van der Waals surface area (Å²) in [6.07, 6.45) is 1.32. The molecule has 0 aliphatic heterocycles. The quantitative estimate of drug-likeness (QED) is 0.887. The highest BCUT2D eigenvalue weighted by atomic mass is 32.1. The molecule has 22 heavy (non-hydrogen) atoms. The number of nitrogens with two attached hydrogens (primary N) is 1. The van der Waals surface area contributed by atoms with Crippen LogP contribution >= 0.6 is 11.3 Å². The Morgan fingerprint density at radius 2 is 1.95 bits per heavy atom. The molecule has 2 rings (SSSR count). The van der Waals surface area contributed by atoms with Crippen LogP contribution in [0.4, 0.5) is 5.13 Å². The molecule has 1 heterocycles. The second kappa shape index (κ2) is 6.87. The minimum Gasteiger partial charge on any atom is -0.374 e. The third kappa shape index (κ3) is 4.80. The smallest absolute Gasteiger partial charge is 0.220 e. The monoisotopic (exact) mass is 318 g/mol. The molecule has 0 unspecified atom stereocenters. The number of carbonyl (C=O) groups is 1. The lowest BCUT2D eigenvalue weighted by atomic mass is 9.90. The van der Waals surface area contributed by atoms with Crippen molar-refractivity contribution in [3.05, 3.63) is 40.9 Å². The topological polar surface area (TPSA) is 80.9 Å². The number of aromatic nitrogens is 2. The van der Waals surface area contributed by atoms with E-state index in [4.69, 9.17) is 5.73 Å². The molecule has 0 radical (unpaired) electrons. The molecule has 1 amide bonds. The molecule has 0 bridgehead atoms. The average Bonchev–Trinajstić information content (AvgIpc) is 2.89. The van der Waals surface area contributed by atoms with Crippen molar-refractivity contribution in [2.24, 2.45) is 5.41 Å². The summed E-state index contributed by atoms with van der Waals surface area (Å²) in [5.41, 5.74) is 6.78. The minimum absolute atomic E-state index is 0.0116. The maximum Gasteiger partial charge on any atom is 0.220 e. The summed E-state index contributed by atoms with van der Waals surface area (Å²) in [7, 11) is 0. The van der Waals surface area contributed by atoms with Crippen LogP contribution in [0.1, 0.15) is 50.2 Å². The van der Waals surface area contributed by atoms with E-state index < -0.39 is 0 Å². The number of hydrogen-bond donors (Lipinski definition) is 2. The highest BCUT2D eigenvalue weighted by molar-refractivity contribution is 7.15. The molecular formula is C16H22N4OS. The van der Waals surface area contributed by atoms with Crippen molar-refractivity contribution in [1.29, 1.82) is 0 Å². The minimum atomic E-state index is -0.302. The third-order valence-corrected chi connectivity index (χ3v) is 4.06. The first-order valence-corrected chi connectivity index (χ1v) is 8.10. The Hall–Kier alpha value is -1.95. The first kappa shape index (κ1) is 16.4. The summed E-state index contributed by atoms with van der Waals surface area (Å²) >= 11 is 1.30. The molecule has 6 heteroatoms. The lowest BCUT2D eigenvalue weighted by molar-refractivity contribution is -0.122. The number of nitrogens with zero attached hydrogens (tertiary/aromatic N) is 2. The van der Waals surface area contributed by atoms with Crippen molar-refractivity contribution in [3.8, 4) is 0 Å². The number of nitrogens with one attached hydrogen (secondary N) is 1. The molecule has 1 atom stereocenters. The third-order valence-electron chi connectivity index (χ3n) is 3.24. The number of nitrogen functional groups attached to an aromatic ring is 1. The molecule has 0 spiro atoms. The van der Waals surface area contributed by atoms with Gasteiger partial charge in [-0.1, -0.05) is 62.4 Å². The van der Waals surface area contributed by atoms with E-state index >= 15 is 0 Å². The second-order valence-electron chi connectivity index (χ2n) is 6.45. The largest absolute Gasteiger partial charge is 0.374 e. The standard InChI is InChI=1S/C16H22N4OS/c1-16(2,3)10-9-12(21)18-13(11-7-5-4-6-8-11)14-19-20-15(17)22-14/h4-8,13H,9-10H2,1-3H3,(H2,17,20)(H,18,21)/t13-/m0/s1.